The first-order valence-corrected chi connectivity index (χ1v) is 11.1. The maximum atomic E-state index is 12.5. The van der Waals surface area contributed by atoms with Crippen molar-refractivity contribution < 1.29 is 14.3 Å². The van der Waals surface area contributed by atoms with Gasteiger partial charge in [-0.2, -0.15) is 10.4 Å². The van der Waals surface area contributed by atoms with Gasteiger partial charge < -0.3 is 10.1 Å². The number of hydrogen-bond acceptors (Lipinski definition) is 7. The maximum Gasteiger partial charge on any atom is 0.303 e. The molecule has 0 spiro atoms. The number of thiazole rings is 1. The van der Waals surface area contributed by atoms with E-state index in [9.17, 15) is 9.59 Å². The zero-order valence-corrected chi connectivity index (χ0v) is 19.6. The van der Waals surface area contributed by atoms with Gasteiger partial charge in [0, 0.05) is 30.1 Å². The van der Waals surface area contributed by atoms with Crippen molar-refractivity contribution in [3.05, 3.63) is 56.6 Å². The van der Waals surface area contributed by atoms with E-state index in [-0.39, 0.29) is 17.6 Å². The first-order chi connectivity index (χ1) is 15.2. The van der Waals surface area contributed by atoms with E-state index in [1.54, 1.807) is 23.1 Å². The van der Waals surface area contributed by atoms with Crippen LogP contribution >= 0.6 is 22.9 Å². The number of nitrogens with zero attached hydrogens (tertiary/aromatic N) is 4. The molecule has 2 aromatic heterocycles. The predicted molar refractivity (Wildman–Crippen MR) is 121 cm³/mol. The third-order valence-corrected chi connectivity index (χ3v) is 6.20. The Labute approximate surface area is 194 Å². The van der Waals surface area contributed by atoms with E-state index in [1.165, 1.54) is 18.3 Å². The SMILES string of the molecule is CC(=O)OC(C)c1nc(C(=O)NC(C)Cn2ccc(-c3ccc(C#N)c(Cl)c3C)n2)cs1. The van der Waals surface area contributed by atoms with Crippen LogP contribution < -0.4 is 5.32 Å². The van der Waals surface area contributed by atoms with Gasteiger partial charge in [0.2, 0.25) is 0 Å². The number of halogens is 1. The summed E-state index contributed by atoms with van der Waals surface area (Å²) < 4.78 is 6.84. The van der Waals surface area contributed by atoms with Crippen molar-refractivity contribution in [1.29, 1.82) is 5.26 Å². The van der Waals surface area contributed by atoms with Crippen LogP contribution in [0.25, 0.3) is 11.3 Å². The van der Waals surface area contributed by atoms with E-state index in [4.69, 9.17) is 21.6 Å². The summed E-state index contributed by atoms with van der Waals surface area (Å²) in [6.45, 7) is 7.22. The molecule has 0 saturated carbocycles. The highest BCUT2D eigenvalue weighted by atomic mass is 35.5. The fourth-order valence-electron chi connectivity index (χ4n) is 3.16. The van der Waals surface area contributed by atoms with E-state index >= 15 is 0 Å². The van der Waals surface area contributed by atoms with Crippen molar-refractivity contribution in [2.24, 2.45) is 0 Å². The Balaban J connectivity index is 1.64. The van der Waals surface area contributed by atoms with E-state index in [0.29, 0.717) is 22.1 Å². The number of amides is 1. The van der Waals surface area contributed by atoms with Crippen molar-refractivity contribution >= 4 is 34.8 Å². The largest absolute Gasteiger partial charge is 0.455 e. The lowest BCUT2D eigenvalue weighted by Crippen LogP contribution is -2.36. The summed E-state index contributed by atoms with van der Waals surface area (Å²) in [5.41, 5.74) is 3.08. The zero-order chi connectivity index (χ0) is 23.4. The minimum atomic E-state index is -0.502. The number of benzene rings is 1. The van der Waals surface area contributed by atoms with Gasteiger partial charge in [-0.25, -0.2) is 4.98 Å². The molecule has 10 heteroatoms. The van der Waals surface area contributed by atoms with Crippen LogP contribution in [0.5, 0.6) is 0 Å². The van der Waals surface area contributed by atoms with Gasteiger partial charge in [0.25, 0.3) is 5.91 Å². The first kappa shape index (κ1) is 23.4. The molecule has 0 saturated heterocycles. The topological polar surface area (TPSA) is 110 Å². The molecule has 2 atom stereocenters. The average Bonchev–Trinajstić information content (AvgIpc) is 3.39. The Bertz CT molecular complexity index is 1200. The van der Waals surface area contributed by atoms with Crippen LogP contribution in [-0.2, 0) is 16.1 Å². The molecule has 1 amide bonds. The highest BCUT2D eigenvalue weighted by molar-refractivity contribution is 7.09. The van der Waals surface area contributed by atoms with Gasteiger partial charge in [-0.05, 0) is 38.5 Å². The van der Waals surface area contributed by atoms with E-state index in [0.717, 1.165) is 16.8 Å². The van der Waals surface area contributed by atoms with Gasteiger partial charge in [0.15, 0.2) is 6.10 Å². The Morgan fingerprint density at radius 1 is 1.34 bits per heavy atom. The number of nitriles is 1. The number of hydrogen-bond donors (Lipinski definition) is 1. The van der Waals surface area contributed by atoms with Crippen LogP contribution in [0.3, 0.4) is 0 Å². The lowest BCUT2D eigenvalue weighted by atomic mass is 10.0. The fraction of sp³-hybridized carbons (Fsp3) is 0.318. The van der Waals surface area contributed by atoms with Gasteiger partial charge in [-0.15, -0.1) is 11.3 Å². The summed E-state index contributed by atoms with van der Waals surface area (Å²) >= 11 is 7.53. The van der Waals surface area contributed by atoms with E-state index < -0.39 is 12.1 Å². The van der Waals surface area contributed by atoms with Crippen molar-refractivity contribution in [2.75, 3.05) is 0 Å². The summed E-state index contributed by atoms with van der Waals surface area (Å²) in [5, 5.41) is 19.2. The number of aromatic nitrogens is 3. The summed E-state index contributed by atoms with van der Waals surface area (Å²) in [5.74, 6) is -0.707. The molecule has 0 aliphatic carbocycles. The molecule has 3 rings (SSSR count). The normalized spacial score (nSPS) is 12.6. The average molecular weight is 472 g/mol. The minimum Gasteiger partial charge on any atom is -0.455 e. The molecule has 0 bridgehead atoms. The van der Waals surface area contributed by atoms with Crippen molar-refractivity contribution in [3.63, 3.8) is 0 Å². The molecule has 0 aliphatic rings. The number of ether oxygens (including phenoxy) is 1. The molecule has 32 heavy (non-hydrogen) atoms. The molecule has 1 aromatic carbocycles. The lowest BCUT2D eigenvalue weighted by Gasteiger charge is -2.13. The third-order valence-electron chi connectivity index (χ3n) is 4.71. The summed E-state index contributed by atoms with van der Waals surface area (Å²) in [6.07, 6.45) is 1.32. The molecule has 1 N–H and O–H groups in total. The number of rotatable bonds is 7. The van der Waals surface area contributed by atoms with Crippen LogP contribution in [0.4, 0.5) is 0 Å². The molecule has 3 aromatic rings. The smallest absolute Gasteiger partial charge is 0.303 e. The molecule has 2 unspecified atom stereocenters. The number of esters is 1. The summed E-state index contributed by atoms with van der Waals surface area (Å²) in [6, 6.07) is 7.23. The van der Waals surface area contributed by atoms with Crippen molar-refractivity contribution in [1.82, 2.24) is 20.1 Å². The van der Waals surface area contributed by atoms with Gasteiger partial charge in [0.1, 0.15) is 16.8 Å². The zero-order valence-electron chi connectivity index (χ0n) is 18.0. The second-order valence-corrected chi connectivity index (χ2v) is 8.60. The minimum absolute atomic E-state index is 0.211. The van der Waals surface area contributed by atoms with E-state index in [1.807, 2.05) is 32.2 Å². The Morgan fingerprint density at radius 3 is 2.78 bits per heavy atom. The molecule has 0 radical (unpaired) electrons. The van der Waals surface area contributed by atoms with Crippen LogP contribution in [0.15, 0.2) is 29.8 Å². The second-order valence-electron chi connectivity index (χ2n) is 7.33. The van der Waals surface area contributed by atoms with Gasteiger partial charge in [-0.1, -0.05) is 17.7 Å². The standard InChI is InChI=1S/C22H22ClN5O3S/c1-12(25-21(30)19-11-32-22(26-19)14(3)31-15(4)29)10-28-8-7-18(27-28)17-6-5-16(9-24)20(23)13(17)2/h5-8,11-12,14H,10H2,1-4H3,(H,25,30). The fourth-order valence-corrected chi connectivity index (χ4v) is 4.15. The molecular weight excluding hydrogens is 450 g/mol. The number of carbonyl (C=O) groups excluding carboxylic acids is 2. The molecular formula is C22H22ClN5O3S. The first-order valence-electron chi connectivity index (χ1n) is 9.86. The van der Waals surface area contributed by atoms with Crippen molar-refractivity contribution in [2.45, 2.75) is 46.4 Å². The quantitative estimate of drug-likeness (QED) is 0.515. The Hall–Kier alpha value is -3.22. The van der Waals surface area contributed by atoms with E-state index in [2.05, 4.69) is 21.5 Å². The van der Waals surface area contributed by atoms with Gasteiger partial charge in [0.05, 0.1) is 22.8 Å². The maximum absolute atomic E-state index is 12.5. The molecule has 0 aliphatic heterocycles. The number of nitrogens with one attached hydrogen (secondary N) is 1. The van der Waals surface area contributed by atoms with Crippen LogP contribution in [-0.4, -0.2) is 32.7 Å². The van der Waals surface area contributed by atoms with Crippen LogP contribution in [0.1, 0.15) is 53.5 Å². The predicted octanol–water partition coefficient (Wildman–Crippen LogP) is 4.28. The van der Waals surface area contributed by atoms with Gasteiger partial charge in [-0.3, -0.25) is 14.3 Å². The molecule has 0 fully saturated rings. The highest BCUT2D eigenvalue weighted by Crippen LogP contribution is 2.30. The second kappa shape index (κ2) is 9.94. The Kier molecular flexibility index (Phi) is 7.28. The molecule has 2 heterocycles. The third kappa shape index (κ3) is 5.33. The Morgan fingerprint density at radius 2 is 2.09 bits per heavy atom. The van der Waals surface area contributed by atoms with Crippen LogP contribution in [0.2, 0.25) is 5.02 Å². The van der Waals surface area contributed by atoms with Crippen molar-refractivity contribution in [3.8, 4) is 17.3 Å². The monoisotopic (exact) mass is 471 g/mol. The lowest BCUT2D eigenvalue weighted by molar-refractivity contribution is -0.145. The summed E-state index contributed by atoms with van der Waals surface area (Å²) in [7, 11) is 0. The molecule has 8 nitrogen and oxygen atoms in total. The summed E-state index contributed by atoms with van der Waals surface area (Å²) in [4.78, 5) is 27.9. The van der Waals surface area contributed by atoms with Gasteiger partial charge >= 0.3 is 5.97 Å². The highest BCUT2D eigenvalue weighted by Gasteiger charge is 2.18. The molecule has 166 valence electrons. The number of carbonyl (C=O) groups is 2. The van der Waals surface area contributed by atoms with Crippen LogP contribution in [0, 0.1) is 18.3 Å².